The van der Waals surface area contributed by atoms with Gasteiger partial charge in [0.15, 0.2) is 0 Å². The molecule has 1 aliphatic heterocycles. The summed E-state index contributed by atoms with van der Waals surface area (Å²) in [5, 5.41) is 4.37. The SMILES string of the molecule is COc1ccc2[nH]c3c(c2c1)CCNC3C(=O)OC(C)(C)C. The van der Waals surface area contributed by atoms with Gasteiger partial charge in [0.05, 0.1) is 7.11 Å². The molecule has 1 aromatic heterocycles. The maximum atomic E-state index is 12.4. The fourth-order valence-electron chi connectivity index (χ4n) is 2.90. The molecule has 0 aliphatic carbocycles. The summed E-state index contributed by atoms with van der Waals surface area (Å²) in [4.78, 5) is 15.8. The standard InChI is InChI=1S/C17H22N2O3/c1-17(2,3)22-16(20)15-14-11(7-8-18-15)12-9-10(21-4)5-6-13(12)19-14/h5-6,9,15,18-19H,7-8H2,1-4H3. The average molecular weight is 302 g/mol. The lowest BCUT2D eigenvalue weighted by Gasteiger charge is -2.27. The van der Waals surface area contributed by atoms with E-state index in [9.17, 15) is 4.79 Å². The number of carbonyl (C=O) groups is 1. The van der Waals surface area contributed by atoms with Crippen LogP contribution in [0.25, 0.3) is 10.9 Å². The molecule has 5 nitrogen and oxygen atoms in total. The van der Waals surface area contributed by atoms with Crippen LogP contribution < -0.4 is 10.1 Å². The number of hydrogen-bond acceptors (Lipinski definition) is 4. The second-order valence-corrected chi connectivity index (χ2v) is 6.60. The fraction of sp³-hybridized carbons (Fsp3) is 0.471. The Morgan fingerprint density at radius 2 is 2.09 bits per heavy atom. The Labute approximate surface area is 130 Å². The predicted molar refractivity (Wildman–Crippen MR) is 85.1 cm³/mol. The Kier molecular flexibility index (Phi) is 3.60. The minimum absolute atomic E-state index is 0.244. The maximum absolute atomic E-state index is 12.4. The van der Waals surface area contributed by atoms with Gasteiger partial charge in [-0.1, -0.05) is 0 Å². The Morgan fingerprint density at radius 3 is 2.77 bits per heavy atom. The molecule has 0 amide bonds. The van der Waals surface area contributed by atoms with Gasteiger partial charge in [0.25, 0.3) is 0 Å². The first-order valence-electron chi connectivity index (χ1n) is 7.54. The third kappa shape index (κ3) is 2.68. The van der Waals surface area contributed by atoms with Crippen molar-refractivity contribution in [2.24, 2.45) is 0 Å². The molecule has 0 saturated carbocycles. The van der Waals surface area contributed by atoms with Crippen molar-refractivity contribution in [2.75, 3.05) is 13.7 Å². The van der Waals surface area contributed by atoms with E-state index in [1.54, 1.807) is 7.11 Å². The predicted octanol–water partition coefficient (Wildman–Crippen LogP) is 2.71. The quantitative estimate of drug-likeness (QED) is 0.837. The van der Waals surface area contributed by atoms with Crippen LogP contribution in [0.15, 0.2) is 18.2 Å². The van der Waals surface area contributed by atoms with Gasteiger partial charge >= 0.3 is 5.97 Å². The lowest BCUT2D eigenvalue weighted by atomic mass is 9.99. The molecule has 0 saturated heterocycles. The third-order valence-corrected chi connectivity index (χ3v) is 3.80. The number of hydrogen-bond donors (Lipinski definition) is 2. The number of benzene rings is 1. The van der Waals surface area contributed by atoms with Gasteiger partial charge in [-0.05, 0) is 51.0 Å². The summed E-state index contributed by atoms with van der Waals surface area (Å²) in [5.74, 6) is 0.577. The van der Waals surface area contributed by atoms with Crippen LogP contribution in [0, 0.1) is 0 Å². The van der Waals surface area contributed by atoms with Crippen molar-refractivity contribution in [1.29, 1.82) is 0 Å². The molecule has 1 atom stereocenters. The summed E-state index contributed by atoms with van der Waals surface area (Å²) in [6.45, 7) is 6.39. The summed E-state index contributed by atoms with van der Waals surface area (Å²) < 4.78 is 10.8. The highest BCUT2D eigenvalue weighted by Gasteiger charge is 2.32. The molecular weight excluding hydrogens is 280 g/mol. The van der Waals surface area contributed by atoms with E-state index in [0.717, 1.165) is 35.3 Å². The first-order valence-corrected chi connectivity index (χ1v) is 7.54. The van der Waals surface area contributed by atoms with Crippen LogP contribution in [0.3, 0.4) is 0 Å². The number of aromatic amines is 1. The van der Waals surface area contributed by atoms with Gasteiger partial charge in [-0.3, -0.25) is 5.32 Å². The van der Waals surface area contributed by atoms with Gasteiger partial charge in [0.1, 0.15) is 17.4 Å². The molecule has 0 fully saturated rings. The van der Waals surface area contributed by atoms with Gasteiger partial charge in [0.2, 0.25) is 0 Å². The van der Waals surface area contributed by atoms with Crippen LogP contribution in [0.2, 0.25) is 0 Å². The highest BCUT2D eigenvalue weighted by atomic mass is 16.6. The zero-order valence-corrected chi connectivity index (χ0v) is 13.4. The summed E-state index contributed by atoms with van der Waals surface area (Å²) in [6, 6.07) is 5.47. The lowest BCUT2D eigenvalue weighted by Crippen LogP contribution is -2.39. The highest BCUT2D eigenvalue weighted by molar-refractivity contribution is 5.89. The highest BCUT2D eigenvalue weighted by Crippen LogP contribution is 2.33. The second-order valence-electron chi connectivity index (χ2n) is 6.60. The van der Waals surface area contributed by atoms with Crippen LogP contribution in [-0.2, 0) is 16.0 Å². The van der Waals surface area contributed by atoms with E-state index in [1.807, 2.05) is 39.0 Å². The van der Waals surface area contributed by atoms with E-state index >= 15 is 0 Å². The van der Waals surface area contributed by atoms with Gasteiger partial charge in [0, 0.05) is 23.1 Å². The first-order chi connectivity index (χ1) is 10.4. The van der Waals surface area contributed by atoms with E-state index in [0.29, 0.717) is 0 Å². The summed E-state index contributed by atoms with van der Waals surface area (Å²) in [5.41, 5.74) is 2.60. The number of aromatic nitrogens is 1. The topological polar surface area (TPSA) is 63.3 Å². The Bertz CT molecular complexity index is 712. The van der Waals surface area contributed by atoms with Crippen molar-refractivity contribution < 1.29 is 14.3 Å². The monoisotopic (exact) mass is 302 g/mol. The Hall–Kier alpha value is -2.01. The molecule has 1 unspecified atom stereocenters. The first kappa shape index (κ1) is 14.9. The van der Waals surface area contributed by atoms with Crippen molar-refractivity contribution >= 4 is 16.9 Å². The molecule has 2 N–H and O–H groups in total. The van der Waals surface area contributed by atoms with E-state index in [-0.39, 0.29) is 5.97 Å². The number of esters is 1. The zero-order chi connectivity index (χ0) is 15.9. The van der Waals surface area contributed by atoms with Crippen LogP contribution in [0.1, 0.15) is 38.1 Å². The molecule has 0 bridgehead atoms. The third-order valence-electron chi connectivity index (χ3n) is 3.80. The van der Waals surface area contributed by atoms with Gasteiger partial charge < -0.3 is 14.5 Å². The molecule has 5 heteroatoms. The molecule has 2 heterocycles. The van der Waals surface area contributed by atoms with Gasteiger partial charge in [-0.25, -0.2) is 4.79 Å². The summed E-state index contributed by atoms with van der Waals surface area (Å²) in [6.07, 6.45) is 0.877. The van der Waals surface area contributed by atoms with Crippen molar-refractivity contribution in [2.45, 2.75) is 38.8 Å². The number of rotatable bonds is 2. The fourth-order valence-corrected chi connectivity index (χ4v) is 2.90. The lowest BCUT2D eigenvalue weighted by molar-refractivity contribution is -0.158. The molecule has 22 heavy (non-hydrogen) atoms. The molecule has 118 valence electrons. The van der Waals surface area contributed by atoms with Crippen LogP contribution in [0.4, 0.5) is 0 Å². The van der Waals surface area contributed by atoms with Crippen molar-refractivity contribution in [1.82, 2.24) is 10.3 Å². The number of carbonyl (C=O) groups excluding carboxylic acids is 1. The van der Waals surface area contributed by atoms with E-state index in [4.69, 9.17) is 9.47 Å². The Morgan fingerprint density at radius 1 is 1.32 bits per heavy atom. The van der Waals surface area contributed by atoms with Crippen LogP contribution >= 0.6 is 0 Å². The normalized spacial score (nSPS) is 18.1. The molecule has 0 radical (unpaired) electrons. The van der Waals surface area contributed by atoms with E-state index < -0.39 is 11.6 Å². The summed E-state index contributed by atoms with van der Waals surface area (Å²) >= 11 is 0. The Balaban J connectivity index is 2.01. The van der Waals surface area contributed by atoms with E-state index in [2.05, 4.69) is 10.3 Å². The van der Waals surface area contributed by atoms with Gasteiger partial charge in [-0.2, -0.15) is 0 Å². The number of ether oxygens (including phenoxy) is 2. The average Bonchev–Trinajstić information content (AvgIpc) is 2.82. The number of methoxy groups -OCH3 is 1. The number of H-pyrrole nitrogens is 1. The maximum Gasteiger partial charge on any atom is 0.329 e. The summed E-state index contributed by atoms with van der Waals surface area (Å²) in [7, 11) is 1.66. The molecule has 3 rings (SSSR count). The molecule has 2 aromatic rings. The zero-order valence-electron chi connectivity index (χ0n) is 13.4. The molecule has 0 spiro atoms. The van der Waals surface area contributed by atoms with E-state index in [1.165, 1.54) is 5.56 Å². The molecule has 1 aromatic carbocycles. The van der Waals surface area contributed by atoms with Crippen molar-refractivity contribution in [3.63, 3.8) is 0 Å². The van der Waals surface area contributed by atoms with Crippen LogP contribution in [0.5, 0.6) is 5.75 Å². The smallest absolute Gasteiger partial charge is 0.329 e. The van der Waals surface area contributed by atoms with Crippen LogP contribution in [-0.4, -0.2) is 30.2 Å². The molecule has 1 aliphatic rings. The number of fused-ring (bicyclic) bond motifs is 3. The second kappa shape index (κ2) is 5.32. The largest absolute Gasteiger partial charge is 0.497 e. The number of nitrogens with one attached hydrogen (secondary N) is 2. The minimum atomic E-state index is -0.494. The van der Waals surface area contributed by atoms with Crippen molar-refractivity contribution in [3.8, 4) is 5.75 Å². The molecular formula is C17H22N2O3. The van der Waals surface area contributed by atoms with Crippen molar-refractivity contribution in [3.05, 3.63) is 29.5 Å². The van der Waals surface area contributed by atoms with Gasteiger partial charge in [-0.15, -0.1) is 0 Å². The minimum Gasteiger partial charge on any atom is -0.497 e.